The van der Waals surface area contributed by atoms with Crippen LogP contribution in [-0.2, 0) is 0 Å². The van der Waals surface area contributed by atoms with Crippen molar-refractivity contribution < 1.29 is 18.8 Å². The van der Waals surface area contributed by atoms with Crippen molar-refractivity contribution in [2.24, 2.45) is 0 Å². The number of nitrogens with zero attached hydrogens (tertiary/aromatic N) is 1. The molecule has 0 atom stereocenters. The van der Waals surface area contributed by atoms with Gasteiger partial charge in [-0.25, -0.2) is 4.79 Å². The Balaban J connectivity index is 2.16. The zero-order chi connectivity index (χ0) is 17.3. The summed E-state index contributed by atoms with van der Waals surface area (Å²) in [5.74, 6) is 0.963. The van der Waals surface area contributed by atoms with Gasteiger partial charge in [-0.3, -0.25) is 10.1 Å². The Hall–Kier alpha value is -3.35. The van der Waals surface area contributed by atoms with E-state index < -0.39 is 10.5 Å². The molecule has 2 aromatic carbocycles. The predicted octanol–water partition coefficient (Wildman–Crippen LogP) is 3.39. The van der Waals surface area contributed by atoms with Crippen LogP contribution in [0.4, 0.5) is 5.69 Å². The second kappa shape index (κ2) is 6.04. The summed E-state index contributed by atoms with van der Waals surface area (Å²) < 4.78 is 15.8. The highest BCUT2D eigenvalue weighted by atomic mass is 16.6. The number of ether oxygens (including phenoxy) is 2. The molecule has 24 heavy (non-hydrogen) atoms. The Kier molecular flexibility index (Phi) is 3.91. The third kappa shape index (κ3) is 2.67. The maximum atomic E-state index is 12.2. The number of non-ortho nitro benzene ring substituents is 1. The van der Waals surface area contributed by atoms with E-state index in [0.29, 0.717) is 33.6 Å². The number of rotatable bonds is 4. The average Bonchev–Trinajstić information content (AvgIpc) is 2.60. The fraction of sp³-hybridized carbons (Fsp3) is 0.118. The zero-order valence-corrected chi connectivity index (χ0v) is 12.9. The van der Waals surface area contributed by atoms with Crippen molar-refractivity contribution in [2.75, 3.05) is 14.2 Å². The first kappa shape index (κ1) is 15.5. The average molecular weight is 327 g/mol. The van der Waals surface area contributed by atoms with E-state index in [-0.39, 0.29) is 5.69 Å². The highest BCUT2D eigenvalue weighted by Gasteiger charge is 2.13. The molecule has 0 radical (unpaired) electrons. The molecule has 7 heteroatoms. The van der Waals surface area contributed by atoms with Crippen LogP contribution < -0.4 is 15.1 Å². The summed E-state index contributed by atoms with van der Waals surface area (Å²) in [7, 11) is 3.01. The van der Waals surface area contributed by atoms with Crippen molar-refractivity contribution in [1.82, 2.24) is 0 Å². The number of nitro benzene ring substituents is 1. The van der Waals surface area contributed by atoms with E-state index in [1.807, 2.05) is 0 Å². The maximum Gasteiger partial charge on any atom is 0.344 e. The lowest BCUT2D eigenvalue weighted by atomic mass is 10.1. The molecule has 1 aromatic heterocycles. The molecule has 3 aromatic rings. The van der Waals surface area contributed by atoms with Crippen LogP contribution in [0.1, 0.15) is 0 Å². The predicted molar refractivity (Wildman–Crippen MR) is 87.7 cm³/mol. The van der Waals surface area contributed by atoms with Crippen LogP contribution in [0.15, 0.2) is 51.7 Å². The van der Waals surface area contributed by atoms with Gasteiger partial charge in [-0.2, -0.15) is 0 Å². The van der Waals surface area contributed by atoms with Gasteiger partial charge in [0.15, 0.2) is 11.5 Å². The standard InChI is InChI=1S/C17H13NO6/c1-22-15-8-11-7-13(10-3-5-12(6-4-10)18(20)21)17(19)24-14(11)9-16(15)23-2/h3-9H,1-2H3. The summed E-state index contributed by atoms with van der Waals surface area (Å²) in [5.41, 5.74) is 0.623. The Morgan fingerprint density at radius 1 is 1.00 bits per heavy atom. The molecule has 0 bridgehead atoms. The first-order valence-corrected chi connectivity index (χ1v) is 6.98. The molecule has 0 aliphatic rings. The van der Waals surface area contributed by atoms with Crippen molar-refractivity contribution in [3.63, 3.8) is 0 Å². The van der Waals surface area contributed by atoms with Gasteiger partial charge in [-0.1, -0.05) is 0 Å². The van der Waals surface area contributed by atoms with Crippen LogP contribution in [0.5, 0.6) is 11.5 Å². The molecule has 0 aliphatic heterocycles. The molecular formula is C17H13NO6. The number of hydrogen-bond acceptors (Lipinski definition) is 6. The van der Waals surface area contributed by atoms with Crippen molar-refractivity contribution >= 4 is 16.7 Å². The van der Waals surface area contributed by atoms with Crippen molar-refractivity contribution in [3.05, 3.63) is 63.0 Å². The smallest absolute Gasteiger partial charge is 0.344 e. The van der Waals surface area contributed by atoms with Crippen LogP contribution >= 0.6 is 0 Å². The lowest BCUT2D eigenvalue weighted by Crippen LogP contribution is -2.03. The third-order valence-corrected chi connectivity index (χ3v) is 3.63. The zero-order valence-electron chi connectivity index (χ0n) is 12.9. The highest BCUT2D eigenvalue weighted by Crippen LogP contribution is 2.33. The summed E-state index contributed by atoms with van der Waals surface area (Å²) in [4.78, 5) is 22.5. The van der Waals surface area contributed by atoms with Gasteiger partial charge >= 0.3 is 5.63 Å². The second-order valence-corrected chi connectivity index (χ2v) is 5.00. The van der Waals surface area contributed by atoms with E-state index in [9.17, 15) is 14.9 Å². The SMILES string of the molecule is COc1cc2cc(-c3ccc([N+](=O)[O-])cc3)c(=O)oc2cc1OC. The van der Waals surface area contributed by atoms with Gasteiger partial charge in [0.25, 0.3) is 5.69 Å². The van der Waals surface area contributed by atoms with Gasteiger partial charge in [-0.15, -0.1) is 0 Å². The number of fused-ring (bicyclic) bond motifs is 1. The number of hydrogen-bond donors (Lipinski definition) is 0. The minimum Gasteiger partial charge on any atom is -0.493 e. The van der Waals surface area contributed by atoms with Gasteiger partial charge in [0, 0.05) is 23.6 Å². The molecule has 122 valence electrons. The van der Waals surface area contributed by atoms with E-state index in [1.54, 1.807) is 18.2 Å². The van der Waals surface area contributed by atoms with Crippen molar-refractivity contribution in [2.45, 2.75) is 0 Å². The van der Waals surface area contributed by atoms with Crippen molar-refractivity contribution in [1.29, 1.82) is 0 Å². The Morgan fingerprint density at radius 3 is 2.21 bits per heavy atom. The van der Waals surface area contributed by atoms with Gasteiger partial charge in [0.05, 0.1) is 24.7 Å². The molecule has 7 nitrogen and oxygen atoms in total. The molecule has 0 amide bonds. The quantitative estimate of drug-likeness (QED) is 0.414. The first-order chi connectivity index (χ1) is 11.5. The number of nitro groups is 1. The van der Waals surface area contributed by atoms with Crippen molar-refractivity contribution in [3.8, 4) is 22.6 Å². The van der Waals surface area contributed by atoms with Crippen LogP contribution in [0.25, 0.3) is 22.1 Å². The van der Waals surface area contributed by atoms with Crippen LogP contribution in [0.3, 0.4) is 0 Å². The van der Waals surface area contributed by atoms with E-state index in [0.717, 1.165) is 0 Å². The van der Waals surface area contributed by atoms with E-state index in [1.165, 1.54) is 38.5 Å². The summed E-state index contributed by atoms with van der Waals surface area (Å²) >= 11 is 0. The molecule has 0 spiro atoms. The summed E-state index contributed by atoms with van der Waals surface area (Å²) in [5, 5.41) is 11.4. The molecule has 0 aliphatic carbocycles. The lowest BCUT2D eigenvalue weighted by molar-refractivity contribution is -0.384. The molecule has 3 rings (SSSR count). The minimum atomic E-state index is -0.538. The number of methoxy groups -OCH3 is 2. The second-order valence-electron chi connectivity index (χ2n) is 5.00. The highest BCUT2D eigenvalue weighted by molar-refractivity contribution is 5.85. The molecule has 0 saturated heterocycles. The minimum absolute atomic E-state index is 0.0460. The maximum absolute atomic E-state index is 12.2. The van der Waals surface area contributed by atoms with E-state index in [4.69, 9.17) is 13.9 Å². The van der Waals surface area contributed by atoms with Crippen LogP contribution in [-0.4, -0.2) is 19.1 Å². The van der Waals surface area contributed by atoms with E-state index >= 15 is 0 Å². The summed E-state index contributed by atoms with van der Waals surface area (Å²) in [6.07, 6.45) is 0. The summed E-state index contributed by atoms with van der Waals surface area (Å²) in [6, 6.07) is 10.6. The fourth-order valence-electron chi connectivity index (χ4n) is 2.41. The first-order valence-electron chi connectivity index (χ1n) is 6.98. The van der Waals surface area contributed by atoms with Gasteiger partial charge in [0.1, 0.15) is 5.58 Å². The van der Waals surface area contributed by atoms with E-state index in [2.05, 4.69) is 0 Å². The summed E-state index contributed by atoms with van der Waals surface area (Å²) in [6.45, 7) is 0. The van der Waals surface area contributed by atoms with Crippen LogP contribution in [0, 0.1) is 10.1 Å². The number of benzene rings is 2. The molecule has 1 heterocycles. The molecule has 0 unspecified atom stereocenters. The molecule has 0 fully saturated rings. The largest absolute Gasteiger partial charge is 0.493 e. The van der Waals surface area contributed by atoms with Crippen LogP contribution in [0.2, 0.25) is 0 Å². The third-order valence-electron chi connectivity index (χ3n) is 3.63. The monoisotopic (exact) mass is 327 g/mol. The van der Waals surface area contributed by atoms with Gasteiger partial charge in [-0.05, 0) is 29.8 Å². The van der Waals surface area contributed by atoms with Gasteiger partial charge < -0.3 is 13.9 Å². The lowest BCUT2D eigenvalue weighted by Gasteiger charge is -2.09. The normalized spacial score (nSPS) is 10.6. The molecular weight excluding hydrogens is 314 g/mol. The Morgan fingerprint density at radius 2 is 1.62 bits per heavy atom. The molecule has 0 saturated carbocycles. The fourth-order valence-corrected chi connectivity index (χ4v) is 2.41. The topological polar surface area (TPSA) is 91.8 Å². The Bertz CT molecular complexity index is 975. The molecule has 0 N–H and O–H groups in total. The Labute approximate surface area is 136 Å². The van der Waals surface area contributed by atoms with Gasteiger partial charge in [0.2, 0.25) is 0 Å².